The predicted molar refractivity (Wildman–Crippen MR) is 65.9 cm³/mol. The molecule has 1 rings (SSSR count). The van der Waals surface area contributed by atoms with Crippen molar-refractivity contribution in [2.45, 2.75) is 32.3 Å². The molecule has 1 N–H and O–H groups in total. The van der Waals surface area contributed by atoms with E-state index in [1.54, 1.807) is 30.3 Å². The highest BCUT2D eigenvalue weighted by atomic mass is 16.3. The van der Waals surface area contributed by atoms with Crippen LogP contribution in [0.4, 0.5) is 0 Å². The van der Waals surface area contributed by atoms with Crippen molar-refractivity contribution < 1.29 is 14.7 Å². The molecule has 3 nitrogen and oxygen atoms in total. The lowest BCUT2D eigenvalue weighted by atomic mass is 9.92. The van der Waals surface area contributed by atoms with Gasteiger partial charge in [0.1, 0.15) is 12.4 Å². The number of carbonyl (C=O) groups excluding carboxylic acids is 2. The van der Waals surface area contributed by atoms with Crippen molar-refractivity contribution in [3.05, 3.63) is 35.9 Å². The Balaban J connectivity index is 2.70. The van der Waals surface area contributed by atoms with Crippen LogP contribution in [0.25, 0.3) is 0 Å². The summed E-state index contributed by atoms with van der Waals surface area (Å²) in [4.78, 5) is 22.8. The lowest BCUT2D eigenvalue weighted by Crippen LogP contribution is -2.30. The number of benzene rings is 1. The highest BCUT2D eigenvalue weighted by molar-refractivity contribution is 6.00. The van der Waals surface area contributed by atoms with Gasteiger partial charge in [0.25, 0.3) is 0 Å². The van der Waals surface area contributed by atoms with Crippen LogP contribution < -0.4 is 0 Å². The van der Waals surface area contributed by atoms with Crippen LogP contribution in [0.2, 0.25) is 0 Å². The number of aliphatic hydroxyl groups is 1. The quantitative estimate of drug-likeness (QED) is 0.581. The van der Waals surface area contributed by atoms with E-state index in [0.29, 0.717) is 18.3 Å². The first-order chi connectivity index (χ1) is 8.20. The van der Waals surface area contributed by atoms with E-state index in [4.69, 9.17) is 0 Å². The standard InChI is InChI=1S/C14H18O3/c1-2-3-7-12(10-15)14(17)13(16)11-8-5-4-6-9-11/h4-6,8-10,12,14,17H,2-3,7H2,1H3/t12-,14+/m0/s1. The Labute approximate surface area is 101 Å². The third-order valence-electron chi connectivity index (χ3n) is 2.80. The van der Waals surface area contributed by atoms with Crippen molar-refractivity contribution in [1.29, 1.82) is 0 Å². The fourth-order valence-corrected chi connectivity index (χ4v) is 1.71. The fraction of sp³-hybridized carbons (Fsp3) is 0.429. The Bertz CT molecular complexity index is 359. The lowest BCUT2D eigenvalue weighted by Gasteiger charge is -2.16. The van der Waals surface area contributed by atoms with Gasteiger partial charge >= 0.3 is 0 Å². The van der Waals surface area contributed by atoms with E-state index in [1.807, 2.05) is 6.92 Å². The molecular weight excluding hydrogens is 216 g/mol. The maximum atomic E-state index is 11.9. The third-order valence-corrected chi connectivity index (χ3v) is 2.80. The van der Waals surface area contributed by atoms with E-state index < -0.39 is 12.0 Å². The zero-order valence-corrected chi connectivity index (χ0v) is 10.0. The normalized spacial score (nSPS) is 14.0. The lowest BCUT2D eigenvalue weighted by molar-refractivity contribution is -0.113. The number of Topliss-reactive ketones (excluding diaryl/α,β-unsaturated/α-hetero) is 1. The summed E-state index contributed by atoms with van der Waals surface area (Å²) in [5.74, 6) is -0.971. The third kappa shape index (κ3) is 3.79. The second-order valence-electron chi connectivity index (χ2n) is 4.12. The molecule has 0 saturated carbocycles. The molecule has 0 amide bonds. The first kappa shape index (κ1) is 13.6. The van der Waals surface area contributed by atoms with Gasteiger partial charge in [0, 0.05) is 11.5 Å². The average Bonchev–Trinajstić information content (AvgIpc) is 2.39. The first-order valence-electron chi connectivity index (χ1n) is 5.93. The Hall–Kier alpha value is -1.48. The molecule has 3 heteroatoms. The van der Waals surface area contributed by atoms with Crippen LogP contribution >= 0.6 is 0 Å². The fourth-order valence-electron chi connectivity index (χ4n) is 1.71. The van der Waals surface area contributed by atoms with Gasteiger partial charge in [-0.25, -0.2) is 0 Å². The van der Waals surface area contributed by atoms with Crippen LogP contribution in [0.5, 0.6) is 0 Å². The minimum Gasteiger partial charge on any atom is -0.384 e. The minimum atomic E-state index is -1.22. The summed E-state index contributed by atoms with van der Waals surface area (Å²) in [6.07, 6.45) is 1.79. The average molecular weight is 234 g/mol. The molecule has 1 aromatic carbocycles. The van der Waals surface area contributed by atoms with E-state index in [1.165, 1.54) is 0 Å². The molecule has 0 aromatic heterocycles. The largest absolute Gasteiger partial charge is 0.384 e. The SMILES string of the molecule is CCCC[C@@H](C=O)[C@@H](O)C(=O)c1ccccc1. The number of aliphatic hydroxyl groups excluding tert-OH is 1. The molecule has 0 bridgehead atoms. The molecule has 0 unspecified atom stereocenters. The number of unbranched alkanes of at least 4 members (excludes halogenated alkanes) is 1. The summed E-state index contributed by atoms with van der Waals surface area (Å²) < 4.78 is 0. The summed E-state index contributed by atoms with van der Waals surface area (Å²) in [5, 5.41) is 9.88. The maximum Gasteiger partial charge on any atom is 0.191 e. The van der Waals surface area contributed by atoms with E-state index >= 15 is 0 Å². The van der Waals surface area contributed by atoms with Crippen molar-refractivity contribution in [2.75, 3.05) is 0 Å². The highest BCUT2D eigenvalue weighted by Crippen LogP contribution is 2.15. The molecule has 0 aliphatic rings. The van der Waals surface area contributed by atoms with Crippen LogP contribution in [-0.2, 0) is 4.79 Å². The van der Waals surface area contributed by atoms with E-state index in [9.17, 15) is 14.7 Å². The second kappa shape index (κ2) is 6.97. The van der Waals surface area contributed by atoms with Gasteiger partial charge in [0.15, 0.2) is 5.78 Å². The molecule has 0 aliphatic heterocycles. The number of ketones is 1. The molecule has 92 valence electrons. The van der Waals surface area contributed by atoms with Gasteiger partial charge in [-0.3, -0.25) is 4.79 Å². The number of hydrogen-bond donors (Lipinski definition) is 1. The van der Waals surface area contributed by atoms with Gasteiger partial charge in [0.05, 0.1) is 0 Å². The van der Waals surface area contributed by atoms with Gasteiger partial charge < -0.3 is 9.90 Å². The Kier molecular flexibility index (Phi) is 5.57. The molecule has 0 saturated heterocycles. The van der Waals surface area contributed by atoms with Crippen LogP contribution in [0, 0.1) is 5.92 Å². The predicted octanol–water partition coefficient (Wildman–Crippen LogP) is 2.24. The molecule has 0 fully saturated rings. The van der Waals surface area contributed by atoms with Gasteiger partial charge in [-0.1, -0.05) is 50.1 Å². The molecule has 2 atom stereocenters. The van der Waals surface area contributed by atoms with Crippen molar-refractivity contribution in [3.8, 4) is 0 Å². The number of rotatable bonds is 7. The summed E-state index contributed by atoms with van der Waals surface area (Å²) in [5.41, 5.74) is 0.448. The first-order valence-corrected chi connectivity index (χ1v) is 5.93. The number of aldehydes is 1. The van der Waals surface area contributed by atoms with E-state index in [-0.39, 0.29) is 5.78 Å². The Morgan fingerprint density at radius 2 is 2.00 bits per heavy atom. The van der Waals surface area contributed by atoms with Crippen molar-refractivity contribution >= 4 is 12.1 Å². The van der Waals surface area contributed by atoms with E-state index in [0.717, 1.165) is 12.8 Å². The topological polar surface area (TPSA) is 54.4 Å². The van der Waals surface area contributed by atoms with Crippen LogP contribution in [0.15, 0.2) is 30.3 Å². The number of hydrogen-bond acceptors (Lipinski definition) is 3. The summed E-state index contributed by atoms with van der Waals surface area (Å²) in [6, 6.07) is 8.57. The van der Waals surface area contributed by atoms with Crippen molar-refractivity contribution in [2.24, 2.45) is 5.92 Å². The van der Waals surface area contributed by atoms with Crippen LogP contribution in [0.3, 0.4) is 0 Å². The number of carbonyl (C=O) groups is 2. The molecule has 17 heavy (non-hydrogen) atoms. The van der Waals surface area contributed by atoms with Gasteiger partial charge in [-0.05, 0) is 6.42 Å². The van der Waals surface area contributed by atoms with Gasteiger partial charge in [0.2, 0.25) is 0 Å². The monoisotopic (exact) mass is 234 g/mol. The molecule has 0 spiro atoms. The van der Waals surface area contributed by atoms with Crippen molar-refractivity contribution in [3.63, 3.8) is 0 Å². The zero-order chi connectivity index (χ0) is 12.7. The Morgan fingerprint density at radius 3 is 2.53 bits per heavy atom. The molecule has 0 heterocycles. The van der Waals surface area contributed by atoms with Crippen LogP contribution in [-0.4, -0.2) is 23.3 Å². The van der Waals surface area contributed by atoms with Gasteiger partial charge in [-0.2, -0.15) is 0 Å². The summed E-state index contributed by atoms with van der Waals surface area (Å²) in [7, 11) is 0. The van der Waals surface area contributed by atoms with Crippen LogP contribution in [0.1, 0.15) is 36.5 Å². The van der Waals surface area contributed by atoms with E-state index in [2.05, 4.69) is 0 Å². The second-order valence-corrected chi connectivity index (χ2v) is 4.12. The maximum absolute atomic E-state index is 11.9. The molecule has 1 aromatic rings. The zero-order valence-electron chi connectivity index (χ0n) is 10.0. The summed E-state index contributed by atoms with van der Waals surface area (Å²) in [6.45, 7) is 2.01. The smallest absolute Gasteiger partial charge is 0.191 e. The Morgan fingerprint density at radius 1 is 1.35 bits per heavy atom. The molecular formula is C14H18O3. The van der Waals surface area contributed by atoms with Crippen molar-refractivity contribution in [1.82, 2.24) is 0 Å². The minimum absolute atomic E-state index is 0.376. The highest BCUT2D eigenvalue weighted by Gasteiger charge is 2.25. The van der Waals surface area contributed by atoms with Gasteiger partial charge in [-0.15, -0.1) is 0 Å². The summed E-state index contributed by atoms with van der Waals surface area (Å²) >= 11 is 0. The molecule has 0 aliphatic carbocycles. The molecule has 0 radical (unpaired) electrons.